The second-order valence-corrected chi connectivity index (χ2v) is 4.19. The molecule has 0 atom stereocenters. The van der Waals surface area contributed by atoms with Gasteiger partial charge in [0, 0.05) is 0 Å². The summed E-state index contributed by atoms with van der Waals surface area (Å²) in [5.74, 6) is -1.00. The van der Waals surface area contributed by atoms with E-state index in [4.69, 9.17) is 9.47 Å². The Morgan fingerprint density at radius 2 is 1.25 bits per heavy atom. The third-order valence-corrected chi connectivity index (χ3v) is 2.98. The summed E-state index contributed by atoms with van der Waals surface area (Å²) >= 11 is 0. The van der Waals surface area contributed by atoms with Crippen LogP contribution in [-0.4, -0.2) is 26.2 Å². The first-order valence-corrected chi connectivity index (χ1v) is 5.91. The highest BCUT2D eigenvalue weighted by atomic mass is 19.1. The number of halogens is 2. The summed E-state index contributed by atoms with van der Waals surface area (Å²) in [4.78, 5) is 0. The predicted octanol–water partition coefficient (Wildman–Crippen LogP) is 1.08. The summed E-state index contributed by atoms with van der Waals surface area (Å²) in [6.45, 7) is -1.13. The Hall–Kier alpha value is -2.08. The van der Waals surface area contributed by atoms with Crippen molar-refractivity contribution < 1.29 is 23.3 Å². The first-order valence-electron chi connectivity index (χ1n) is 5.91. The van der Waals surface area contributed by atoms with E-state index in [0.717, 1.165) is 12.1 Å². The van der Waals surface area contributed by atoms with Gasteiger partial charge in [0.25, 0.3) is 0 Å². The second-order valence-electron chi connectivity index (χ2n) is 4.19. The fourth-order valence-corrected chi connectivity index (χ4v) is 1.90. The van der Waals surface area contributed by atoms with E-state index in [-0.39, 0.29) is 11.5 Å². The third-order valence-electron chi connectivity index (χ3n) is 2.98. The van der Waals surface area contributed by atoms with Gasteiger partial charge < -0.3 is 14.5 Å². The summed E-state index contributed by atoms with van der Waals surface area (Å²) < 4.78 is 36.8. The lowest BCUT2D eigenvalue weighted by Gasteiger charge is -2.10. The predicted molar refractivity (Wildman–Crippen MR) is 73.1 cm³/mol. The summed E-state index contributed by atoms with van der Waals surface area (Å²) in [5.41, 5.74) is 0.626. The van der Waals surface area contributed by atoms with Crippen LogP contribution in [0.2, 0.25) is 0 Å². The summed E-state index contributed by atoms with van der Waals surface area (Å²) in [6, 6.07) is 8.18. The number of hydrogen-bond acceptors (Lipinski definition) is 3. The number of methoxy groups -OCH3 is 2. The molecule has 0 radical (unpaired) electrons. The molecule has 0 aromatic heterocycles. The van der Waals surface area contributed by atoms with E-state index in [2.05, 4.69) is 0 Å². The van der Waals surface area contributed by atoms with Crippen molar-refractivity contribution in [2.45, 2.75) is 0 Å². The molecule has 0 fully saturated rings. The highest BCUT2D eigenvalue weighted by molar-refractivity contribution is 6.78. The molecule has 0 aliphatic heterocycles. The molecule has 0 bridgehead atoms. The van der Waals surface area contributed by atoms with Gasteiger partial charge in [-0.05, 0) is 35.2 Å². The van der Waals surface area contributed by atoms with Gasteiger partial charge in [0.15, 0.2) is 23.1 Å². The topological polar surface area (TPSA) is 38.7 Å². The largest absolute Gasteiger partial charge is 0.494 e. The fourth-order valence-electron chi connectivity index (χ4n) is 1.90. The first kappa shape index (κ1) is 14.3. The minimum absolute atomic E-state index is 0.0851. The van der Waals surface area contributed by atoms with Gasteiger partial charge in [-0.3, -0.25) is 0 Å². The van der Waals surface area contributed by atoms with Gasteiger partial charge >= 0.3 is 6.92 Å². The number of benzene rings is 2. The van der Waals surface area contributed by atoms with E-state index in [0.29, 0.717) is 10.9 Å². The van der Waals surface area contributed by atoms with Crippen molar-refractivity contribution in [3.63, 3.8) is 0 Å². The molecule has 0 saturated heterocycles. The summed E-state index contributed by atoms with van der Waals surface area (Å²) in [5, 5.41) is 10.2. The van der Waals surface area contributed by atoms with Gasteiger partial charge in [0.1, 0.15) is 0 Å². The van der Waals surface area contributed by atoms with Crippen LogP contribution in [0, 0.1) is 11.6 Å². The van der Waals surface area contributed by atoms with Crippen LogP contribution in [0.3, 0.4) is 0 Å². The zero-order valence-corrected chi connectivity index (χ0v) is 11.1. The van der Waals surface area contributed by atoms with Gasteiger partial charge in [0.2, 0.25) is 0 Å². The van der Waals surface area contributed by atoms with Crippen LogP contribution in [0.5, 0.6) is 11.5 Å². The quantitative estimate of drug-likeness (QED) is 0.851. The normalized spacial score (nSPS) is 10.2. The van der Waals surface area contributed by atoms with Crippen molar-refractivity contribution in [2.24, 2.45) is 0 Å². The van der Waals surface area contributed by atoms with Gasteiger partial charge in [-0.25, -0.2) is 8.78 Å². The molecule has 0 aliphatic rings. The van der Waals surface area contributed by atoms with E-state index in [1.165, 1.54) is 38.5 Å². The lowest BCUT2D eigenvalue weighted by Crippen LogP contribution is -2.42. The van der Waals surface area contributed by atoms with Crippen molar-refractivity contribution in [2.75, 3.05) is 14.2 Å². The molecule has 6 heteroatoms. The lowest BCUT2D eigenvalue weighted by atomic mass is 9.56. The number of hydrogen-bond donors (Lipinski definition) is 1. The molecule has 0 aliphatic carbocycles. The Bertz CT molecular complexity index is 566. The summed E-state index contributed by atoms with van der Waals surface area (Å²) in [6.07, 6.45) is 0. The molecule has 20 heavy (non-hydrogen) atoms. The second kappa shape index (κ2) is 5.92. The van der Waals surface area contributed by atoms with Crippen LogP contribution < -0.4 is 20.4 Å². The molecule has 0 heterocycles. The SMILES string of the molecule is COc1ccc(B(O)c2ccc(OC)c(F)c2)cc1F. The molecule has 2 rings (SSSR count). The smallest absolute Gasteiger partial charge is 0.359 e. The minimum Gasteiger partial charge on any atom is -0.494 e. The highest BCUT2D eigenvalue weighted by Crippen LogP contribution is 2.15. The number of ether oxygens (including phenoxy) is 2. The Morgan fingerprint density at radius 3 is 1.55 bits per heavy atom. The van der Waals surface area contributed by atoms with Gasteiger partial charge in [-0.2, -0.15) is 0 Å². The molecule has 0 saturated carbocycles. The van der Waals surface area contributed by atoms with Crippen LogP contribution in [-0.2, 0) is 0 Å². The molecular formula is C14H13BF2O3. The zero-order valence-electron chi connectivity index (χ0n) is 11.1. The molecule has 104 valence electrons. The van der Waals surface area contributed by atoms with Gasteiger partial charge in [-0.15, -0.1) is 0 Å². The molecule has 0 amide bonds. The molecule has 2 aromatic rings. The van der Waals surface area contributed by atoms with Crippen LogP contribution in [0.4, 0.5) is 8.78 Å². The van der Waals surface area contributed by atoms with Crippen LogP contribution in [0.15, 0.2) is 36.4 Å². The zero-order chi connectivity index (χ0) is 14.7. The lowest BCUT2D eigenvalue weighted by molar-refractivity contribution is 0.386. The molecule has 3 nitrogen and oxygen atoms in total. The van der Waals surface area contributed by atoms with E-state index < -0.39 is 18.6 Å². The van der Waals surface area contributed by atoms with E-state index >= 15 is 0 Å². The van der Waals surface area contributed by atoms with Gasteiger partial charge in [0.05, 0.1) is 14.2 Å². The van der Waals surface area contributed by atoms with Gasteiger partial charge in [-0.1, -0.05) is 12.1 Å². The Morgan fingerprint density at radius 1 is 0.850 bits per heavy atom. The molecule has 2 aromatic carbocycles. The van der Waals surface area contributed by atoms with E-state index in [1.807, 2.05) is 0 Å². The average Bonchev–Trinajstić information content (AvgIpc) is 2.46. The molecular weight excluding hydrogens is 265 g/mol. The standard InChI is InChI=1S/C14H13BF2O3/c1-19-13-5-3-9(7-11(13)16)15(18)10-4-6-14(20-2)12(17)8-10/h3-8,18H,1-2H3. The molecule has 1 N–H and O–H groups in total. The monoisotopic (exact) mass is 278 g/mol. The van der Waals surface area contributed by atoms with Crippen molar-refractivity contribution in [1.82, 2.24) is 0 Å². The Kier molecular flexibility index (Phi) is 4.24. The maximum Gasteiger partial charge on any atom is 0.359 e. The van der Waals surface area contributed by atoms with E-state index in [1.54, 1.807) is 0 Å². The van der Waals surface area contributed by atoms with Crippen molar-refractivity contribution >= 4 is 17.8 Å². The molecule has 0 unspecified atom stereocenters. The van der Waals surface area contributed by atoms with Crippen molar-refractivity contribution in [3.05, 3.63) is 48.0 Å². The molecule has 0 spiro atoms. The third kappa shape index (κ3) is 2.75. The number of rotatable bonds is 4. The maximum absolute atomic E-state index is 13.6. The van der Waals surface area contributed by atoms with Crippen molar-refractivity contribution in [3.8, 4) is 11.5 Å². The average molecular weight is 278 g/mol. The first-order chi connectivity index (χ1) is 9.56. The Balaban J connectivity index is 2.33. The maximum atomic E-state index is 13.6. The minimum atomic E-state index is -1.13. The fraction of sp³-hybridized carbons (Fsp3) is 0.143. The highest BCUT2D eigenvalue weighted by Gasteiger charge is 2.20. The summed E-state index contributed by atoms with van der Waals surface area (Å²) in [7, 11) is 2.71. The van der Waals surface area contributed by atoms with E-state index in [9.17, 15) is 13.8 Å². The Labute approximate surface area is 115 Å². The van der Waals surface area contributed by atoms with Crippen LogP contribution in [0.25, 0.3) is 0 Å². The van der Waals surface area contributed by atoms with Crippen LogP contribution in [0.1, 0.15) is 0 Å². The van der Waals surface area contributed by atoms with Crippen molar-refractivity contribution in [1.29, 1.82) is 0 Å². The van der Waals surface area contributed by atoms with Crippen LogP contribution >= 0.6 is 0 Å².